The van der Waals surface area contributed by atoms with Crippen LogP contribution < -0.4 is 5.32 Å². The Balaban J connectivity index is 2.10. The zero-order valence-electron chi connectivity index (χ0n) is 10.9. The van der Waals surface area contributed by atoms with E-state index in [2.05, 4.69) is 5.32 Å². The zero-order chi connectivity index (χ0) is 13.2. The highest BCUT2D eigenvalue weighted by atomic mass is 35.5. The molecule has 0 unspecified atom stereocenters. The second-order valence-electron chi connectivity index (χ2n) is 4.92. The highest BCUT2D eigenvalue weighted by Crippen LogP contribution is 2.29. The third-order valence-electron chi connectivity index (χ3n) is 3.05. The van der Waals surface area contributed by atoms with E-state index in [4.69, 9.17) is 20.8 Å². The molecule has 0 aliphatic carbocycles. The fourth-order valence-electron chi connectivity index (χ4n) is 1.79. The minimum atomic E-state index is -0.188. The van der Waals surface area contributed by atoms with E-state index in [9.17, 15) is 0 Å². The minimum Gasteiger partial charge on any atom is -0.444 e. The molecule has 0 fully saturated rings. The lowest BCUT2D eigenvalue weighted by atomic mass is 10.1. The number of para-hydroxylation sites is 1. The van der Waals surface area contributed by atoms with Gasteiger partial charge in [0.1, 0.15) is 5.58 Å². The molecule has 2 aromatic rings. The van der Waals surface area contributed by atoms with Crippen molar-refractivity contribution in [2.75, 3.05) is 13.7 Å². The van der Waals surface area contributed by atoms with Crippen LogP contribution in [0.1, 0.15) is 19.4 Å². The van der Waals surface area contributed by atoms with Gasteiger partial charge in [0.25, 0.3) is 0 Å². The van der Waals surface area contributed by atoms with Crippen molar-refractivity contribution in [3.05, 3.63) is 35.0 Å². The number of methoxy groups -OCH3 is 1. The van der Waals surface area contributed by atoms with E-state index in [1.165, 1.54) is 0 Å². The van der Waals surface area contributed by atoms with Crippen LogP contribution in [0.25, 0.3) is 11.0 Å². The van der Waals surface area contributed by atoms with Crippen molar-refractivity contribution in [2.45, 2.75) is 26.0 Å². The van der Waals surface area contributed by atoms with Crippen LogP contribution >= 0.6 is 11.6 Å². The van der Waals surface area contributed by atoms with Gasteiger partial charge in [0.15, 0.2) is 5.22 Å². The Morgan fingerprint density at radius 2 is 2.06 bits per heavy atom. The Hall–Kier alpha value is -1.03. The lowest BCUT2D eigenvalue weighted by Crippen LogP contribution is -2.36. The molecule has 0 amide bonds. The Morgan fingerprint density at radius 1 is 1.33 bits per heavy atom. The van der Waals surface area contributed by atoms with Crippen LogP contribution in [0.3, 0.4) is 0 Å². The SMILES string of the molecule is COC(C)(C)CNCc1c(Cl)oc2ccccc12. The van der Waals surface area contributed by atoms with Gasteiger partial charge in [0.05, 0.1) is 5.60 Å². The molecule has 98 valence electrons. The van der Waals surface area contributed by atoms with Gasteiger partial charge in [-0.05, 0) is 31.5 Å². The molecule has 0 saturated heterocycles. The molecule has 1 N–H and O–H groups in total. The van der Waals surface area contributed by atoms with Crippen molar-refractivity contribution in [3.63, 3.8) is 0 Å². The van der Waals surface area contributed by atoms with Crippen LogP contribution in [0, 0.1) is 0 Å². The van der Waals surface area contributed by atoms with E-state index < -0.39 is 0 Å². The smallest absolute Gasteiger partial charge is 0.199 e. The molecule has 0 saturated carbocycles. The lowest BCUT2D eigenvalue weighted by molar-refractivity contribution is 0.0231. The number of rotatable bonds is 5. The maximum Gasteiger partial charge on any atom is 0.199 e. The van der Waals surface area contributed by atoms with E-state index in [0.717, 1.165) is 23.1 Å². The average Bonchev–Trinajstić information content (AvgIpc) is 2.66. The largest absolute Gasteiger partial charge is 0.444 e. The summed E-state index contributed by atoms with van der Waals surface area (Å²) >= 11 is 6.11. The minimum absolute atomic E-state index is 0.188. The van der Waals surface area contributed by atoms with Gasteiger partial charge in [0.2, 0.25) is 0 Å². The molecule has 3 nitrogen and oxygen atoms in total. The standard InChI is InChI=1S/C14H18ClNO2/c1-14(2,17-3)9-16-8-11-10-6-4-5-7-12(10)18-13(11)15/h4-7,16H,8-9H2,1-3H3. The van der Waals surface area contributed by atoms with E-state index in [1.807, 2.05) is 38.1 Å². The summed E-state index contributed by atoms with van der Waals surface area (Å²) in [6.07, 6.45) is 0. The summed E-state index contributed by atoms with van der Waals surface area (Å²) in [6, 6.07) is 7.86. The average molecular weight is 268 g/mol. The predicted octanol–water partition coefficient (Wildman–Crippen LogP) is 3.60. The number of furan rings is 1. The van der Waals surface area contributed by atoms with Gasteiger partial charge in [-0.1, -0.05) is 18.2 Å². The topological polar surface area (TPSA) is 34.4 Å². The summed E-state index contributed by atoms with van der Waals surface area (Å²) in [5.74, 6) is 0. The molecule has 4 heteroatoms. The third-order valence-corrected chi connectivity index (χ3v) is 3.36. The molecule has 0 atom stereocenters. The second kappa shape index (κ2) is 5.31. The fraction of sp³-hybridized carbons (Fsp3) is 0.429. The van der Waals surface area contributed by atoms with Crippen LogP contribution in [-0.2, 0) is 11.3 Å². The van der Waals surface area contributed by atoms with Gasteiger partial charge in [-0.25, -0.2) is 0 Å². The molecule has 0 aliphatic heterocycles. The first kappa shape index (κ1) is 13.4. The second-order valence-corrected chi connectivity index (χ2v) is 5.26. The molecule has 0 bridgehead atoms. The Bertz CT molecular complexity index is 534. The van der Waals surface area contributed by atoms with Gasteiger partial charge in [-0.15, -0.1) is 0 Å². The van der Waals surface area contributed by atoms with E-state index in [0.29, 0.717) is 11.8 Å². The van der Waals surface area contributed by atoms with E-state index in [1.54, 1.807) is 7.11 Å². The number of nitrogens with one attached hydrogen (secondary N) is 1. The van der Waals surface area contributed by atoms with Gasteiger partial charge in [-0.3, -0.25) is 0 Å². The van der Waals surface area contributed by atoms with Crippen molar-refractivity contribution in [1.82, 2.24) is 5.32 Å². The van der Waals surface area contributed by atoms with Crippen LogP contribution in [0.4, 0.5) is 0 Å². The number of ether oxygens (including phenoxy) is 1. The first-order valence-corrected chi connectivity index (χ1v) is 6.33. The Morgan fingerprint density at radius 3 is 2.78 bits per heavy atom. The van der Waals surface area contributed by atoms with Gasteiger partial charge >= 0.3 is 0 Å². The van der Waals surface area contributed by atoms with E-state index in [-0.39, 0.29) is 5.60 Å². The summed E-state index contributed by atoms with van der Waals surface area (Å²) in [4.78, 5) is 0. The lowest BCUT2D eigenvalue weighted by Gasteiger charge is -2.23. The van der Waals surface area contributed by atoms with Crippen molar-refractivity contribution < 1.29 is 9.15 Å². The normalized spacial score (nSPS) is 12.2. The highest BCUT2D eigenvalue weighted by molar-refractivity contribution is 6.30. The van der Waals surface area contributed by atoms with Crippen LogP contribution in [-0.4, -0.2) is 19.3 Å². The zero-order valence-corrected chi connectivity index (χ0v) is 11.7. The molecule has 2 rings (SSSR count). The van der Waals surface area contributed by atoms with Crippen molar-refractivity contribution in [1.29, 1.82) is 0 Å². The molecule has 1 aromatic carbocycles. The quantitative estimate of drug-likeness (QED) is 0.899. The first-order valence-electron chi connectivity index (χ1n) is 5.95. The predicted molar refractivity (Wildman–Crippen MR) is 74.0 cm³/mol. The van der Waals surface area contributed by atoms with Crippen molar-refractivity contribution in [3.8, 4) is 0 Å². The number of fused-ring (bicyclic) bond motifs is 1. The monoisotopic (exact) mass is 267 g/mol. The Kier molecular flexibility index (Phi) is 3.95. The maximum absolute atomic E-state index is 6.11. The Labute approximate surface area is 112 Å². The molecule has 0 spiro atoms. The van der Waals surface area contributed by atoms with Crippen LogP contribution in [0.15, 0.2) is 28.7 Å². The van der Waals surface area contributed by atoms with Gasteiger partial charge in [0, 0.05) is 31.1 Å². The summed E-state index contributed by atoms with van der Waals surface area (Å²) in [5.41, 5.74) is 1.64. The van der Waals surface area contributed by atoms with Gasteiger partial charge < -0.3 is 14.5 Å². The number of benzene rings is 1. The maximum atomic E-state index is 6.11. The summed E-state index contributed by atoms with van der Waals surface area (Å²) in [6.45, 7) is 5.49. The number of hydrogen-bond acceptors (Lipinski definition) is 3. The number of hydrogen-bond donors (Lipinski definition) is 1. The number of halogens is 1. The summed E-state index contributed by atoms with van der Waals surface area (Å²) < 4.78 is 10.9. The molecular weight excluding hydrogens is 250 g/mol. The van der Waals surface area contributed by atoms with Crippen molar-refractivity contribution in [2.24, 2.45) is 0 Å². The first-order chi connectivity index (χ1) is 8.53. The van der Waals surface area contributed by atoms with Crippen molar-refractivity contribution >= 4 is 22.6 Å². The molecule has 18 heavy (non-hydrogen) atoms. The highest BCUT2D eigenvalue weighted by Gasteiger charge is 2.17. The molecule has 1 heterocycles. The summed E-state index contributed by atoms with van der Waals surface area (Å²) in [7, 11) is 1.71. The molecule has 0 radical (unpaired) electrons. The fourth-order valence-corrected chi connectivity index (χ4v) is 2.05. The van der Waals surface area contributed by atoms with Gasteiger partial charge in [-0.2, -0.15) is 0 Å². The van der Waals surface area contributed by atoms with Crippen LogP contribution in [0.2, 0.25) is 5.22 Å². The molecule has 0 aliphatic rings. The third kappa shape index (κ3) is 2.86. The molecular formula is C14H18ClNO2. The summed E-state index contributed by atoms with van der Waals surface area (Å²) in [5, 5.41) is 4.86. The molecule has 1 aromatic heterocycles. The van der Waals surface area contributed by atoms with Crippen LogP contribution in [0.5, 0.6) is 0 Å². The van der Waals surface area contributed by atoms with E-state index >= 15 is 0 Å².